The van der Waals surface area contributed by atoms with Gasteiger partial charge in [0.05, 0.1) is 0 Å². The maximum Gasteiger partial charge on any atom is 0.330 e. The van der Waals surface area contributed by atoms with Gasteiger partial charge in [-0.15, -0.1) is 0 Å². The Morgan fingerprint density at radius 1 is 1.29 bits per heavy atom. The molecule has 0 saturated heterocycles. The van der Waals surface area contributed by atoms with Crippen LogP contribution in [-0.2, 0) is 11.3 Å². The number of fused-ring (bicyclic) bond motifs is 2. The fraction of sp³-hybridized carbons (Fsp3) is 0.762. The summed E-state index contributed by atoms with van der Waals surface area (Å²) in [4.78, 5) is 42.0. The smallest absolute Gasteiger partial charge is 0.330 e. The summed E-state index contributed by atoms with van der Waals surface area (Å²) in [5.41, 5.74) is 5.31. The third kappa shape index (κ3) is 4.18. The Balaban J connectivity index is 1.91. The number of hydrogen-bond donors (Lipinski definition) is 2. The number of aromatic amines is 1. The molecule has 3 rings (SSSR count). The van der Waals surface area contributed by atoms with E-state index in [-0.39, 0.29) is 23.3 Å². The molecule has 1 aromatic rings. The number of rotatable bonds is 8. The fourth-order valence-corrected chi connectivity index (χ4v) is 5.02. The second kappa shape index (κ2) is 8.53. The van der Waals surface area contributed by atoms with Crippen molar-refractivity contribution in [2.75, 3.05) is 17.2 Å². The zero-order chi connectivity index (χ0) is 20.4. The summed E-state index contributed by atoms with van der Waals surface area (Å²) >= 11 is 0. The van der Waals surface area contributed by atoms with Gasteiger partial charge in [0.25, 0.3) is 5.56 Å². The highest BCUT2D eigenvalue weighted by molar-refractivity contribution is 5.95. The maximum atomic E-state index is 13.3. The van der Waals surface area contributed by atoms with Crippen LogP contribution in [0.1, 0.15) is 65.7 Å². The van der Waals surface area contributed by atoms with Gasteiger partial charge in [0.1, 0.15) is 5.82 Å². The second-order valence-corrected chi connectivity index (χ2v) is 9.04. The summed E-state index contributed by atoms with van der Waals surface area (Å²) in [5, 5.41) is 0. The Bertz CT molecular complexity index is 826. The number of carbonyl (C=O) groups is 1. The molecule has 0 aromatic carbocycles. The Morgan fingerprint density at radius 2 is 2.04 bits per heavy atom. The van der Waals surface area contributed by atoms with Crippen molar-refractivity contribution in [1.82, 2.24) is 9.55 Å². The number of H-pyrrole nitrogens is 1. The van der Waals surface area contributed by atoms with E-state index in [9.17, 15) is 14.4 Å². The zero-order valence-electron chi connectivity index (χ0n) is 17.4. The summed E-state index contributed by atoms with van der Waals surface area (Å²) in [5.74, 6) is 2.05. The van der Waals surface area contributed by atoms with Gasteiger partial charge in [-0.3, -0.25) is 19.1 Å². The molecular formula is C21H34N4O3. The monoisotopic (exact) mass is 390 g/mol. The van der Waals surface area contributed by atoms with Crippen LogP contribution in [0.15, 0.2) is 9.59 Å². The zero-order valence-corrected chi connectivity index (χ0v) is 17.4. The summed E-state index contributed by atoms with van der Waals surface area (Å²) in [7, 11) is 0. The van der Waals surface area contributed by atoms with Crippen molar-refractivity contribution in [2.45, 2.75) is 72.3 Å². The van der Waals surface area contributed by atoms with E-state index in [4.69, 9.17) is 5.73 Å². The molecule has 3 atom stereocenters. The Hall–Kier alpha value is -2.05. The van der Waals surface area contributed by atoms with Crippen molar-refractivity contribution < 1.29 is 4.79 Å². The SMILES string of the molecule is CCCCn1c(N)c(N(CC(C)C)C(=O)CC2CC3CCC2C3)c(=O)[nH]c1=O. The van der Waals surface area contributed by atoms with E-state index in [0.29, 0.717) is 31.3 Å². The number of carbonyl (C=O) groups excluding carboxylic acids is 1. The molecule has 1 aromatic heterocycles. The molecule has 2 aliphatic rings. The minimum Gasteiger partial charge on any atom is -0.383 e. The lowest BCUT2D eigenvalue weighted by Crippen LogP contribution is -2.43. The average molecular weight is 391 g/mol. The number of nitrogens with one attached hydrogen (secondary N) is 1. The van der Waals surface area contributed by atoms with Crippen LogP contribution in [0.4, 0.5) is 11.5 Å². The minimum atomic E-state index is -0.572. The second-order valence-electron chi connectivity index (χ2n) is 9.04. The van der Waals surface area contributed by atoms with Crippen LogP contribution >= 0.6 is 0 Å². The first-order valence-electron chi connectivity index (χ1n) is 10.7. The molecule has 2 fully saturated rings. The maximum absolute atomic E-state index is 13.3. The van der Waals surface area contributed by atoms with Crippen molar-refractivity contribution in [3.05, 3.63) is 20.8 Å². The summed E-state index contributed by atoms with van der Waals surface area (Å²) in [6.07, 6.45) is 7.01. The van der Waals surface area contributed by atoms with Gasteiger partial charge in [-0.2, -0.15) is 0 Å². The van der Waals surface area contributed by atoms with Gasteiger partial charge in [-0.1, -0.05) is 33.6 Å². The minimum absolute atomic E-state index is 0.0517. The normalized spacial score (nSPS) is 23.5. The Kier molecular flexibility index (Phi) is 6.30. The number of amides is 1. The molecule has 2 aliphatic carbocycles. The molecule has 0 spiro atoms. The molecule has 1 heterocycles. The van der Waals surface area contributed by atoms with Crippen molar-refractivity contribution in [1.29, 1.82) is 0 Å². The number of nitrogens with zero attached hydrogens (tertiary/aromatic N) is 2. The summed E-state index contributed by atoms with van der Waals surface area (Å²) in [6.45, 7) is 6.89. The van der Waals surface area contributed by atoms with E-state index in [1.165, 1.54) is 28.7 Å². The number of aromatic nitrogens is 2. The molecule has 0 radical (unpaired) electrons. The van der Waals surface area contributed by atoms with E-state index in [0.717, 1.165) is 25.2 Å². The lowest BCUT2D eigenvalue weighted by molar-refractivity contribution is -0.120. The van der Waals surface area contributed by atoms with Gasteiger partial charge in [0, 0.05) is 19.5 Å². The first kappa shape index (κ1) is 20.7. The van der Waals surface area contributed by atoms with Gasteiger partial charge in [0.2, 0.25) is 5.91 Å². The lowest BCUT2D eigenvalue weighted by Gasteiger charge is -2.29. The van der Waals surface area contributed by atoms with Gasteiger partial charge < -0.3 is 10.6 Å². The first-order valence-corrected chi connectivity index (χ1v) is 10.7. The Labute approximate surface area is 166 Å². The van der Waals surface area contributed by atoms with Crippen LogP contribution in [-0.4, -0.2) is 22.0 Å². The molecule has 3 N–H and O–H groups in total. The number of nitrogen functional groups attached to an aromatic ring is 1. The van der Waals surface area contributed by atoms with Gasteiger partial charge in [-0.05, 0) is 49.4 Å². The third-order valence-corrected chi connectivity index (χ3v) is 6.39. The fourth-order valence-electron chi connectivity index (χ4n) is 5.02. The average Bonchev–Trinajstić information content (AvgIpc) is 3.23. The van der Waals surface area contributed by atoms with Gasteiger partial charge >= 0.3 is 5.69 Å². The van der Waals surface area contributed by atoms with Crippen LogP contribution in [0.2, 0.25) is 0 Å². The summed E-state index contributed by atoms with van der Waals surface area (Å²) in [6, 6.07) is 0. The topological polar surface area (TPSA) is 101 Å². The highest BCUT2D eigenvalue weighted by Gasteiger charge is 2.41. The van der Waals surface area contributed by atoms with Crippen LogP contribution in [0.3, 0.4) is 0 Å². The van der Waals surface area contributed by atoms with Crippen molar-refractivity contribution >= 4 is 17.4 Å². The van der Waals surface area contributed by atoms with Crippen LogP contribution in [0.5, 0.6) is 0 Å². The first-order chi connectivity index (χ1) is 13.3. The molecule has 28 heavy (non-hydrogen) atoms. The molecule has 0 aliphatic heterocycles. The standard InChI is InChI=1S/C21H34N4O3/c1-4-5-8-24-19(22)18(20(27)23-21(24)28)25(12-13(2)3)17(26)11-16-10-14-6-7-15(16)9-14/h13-16H,4-12,22H2,1-3H3,(H,23,27,28). The number of hydrogen-bond acceptors (Lipinski definition) is 4. The van der Waals surface area contributed by atoms with E-state index in [1.54, 1.807) is 0 Å². The van der Waals surface area contributed by atoms with Crippen LogP contribution in [0.25, 0.3) is 0 Å². The number of unbranched alkanes of at least 4 members (excludes halogenated alkanes) is 1. The van der Waals surface area contributed by atoms with E-state index in [2.05, 4.69) is 4.98 Å². The van der Waals surface area contributed by atoms with Gasteiger partial charge in [-0.25, -0.2) is 4.79 Å². The van der Waals surface area contributed by atoms with Crippen LogP contribution < -0.4 is 21.9 Å². The largest absolute Gasteiger partial charge is 0.383 e. The quantitative estimate of drug-likeness (QED) is 0.712. The predicted molar refractivity (Wildman–Crippen MR) is 111 cm³/mol. The third-order valence-electron chi connectivity index (χ3n) is 6.39. The summed E-state index contributed by atoms with van der Waals surface area (Å²) < 4.78 is 1.39. The van der Waals surface area contributed by atoms with E-state index in [1.807, 2.05) is 20.8 Å². The molecule has 2 bridgehead atoms. The molecule has 156 valence electrons. The molecular weight excluding hydrogens is 356 g/mol. The lowest BCUT2D eigenvalue weighted by atomic mass is 9.86. The molecule has 7 heteroatoms. The van der Waals surface area contributed by atoms with Gasteiger partial charge in [0.15, 0.2) is 5.69 Å². The highest BCUT2D eigenvalue weighted by Crippen LogP contribution is 2.49. The predicted octanol–water partition coefficient (Wildman–Crippen LogP) is 2.73. The number of anilines is 2. The number of nitrogens with two attached hydrogens (primary N) is 1. The van der Waals surface area contributed by atoms with Crippen LogP contribution in [0, 0.1) is 23.7 Å². The van der Waals surface area contributed by atoms with Crippen molar-refractivity contribution in [3.63, 3.8) is 0 Å². The van der Waals surface area contributed by atoms with Crippen molar-refractivity contribution in [3.8, 4) is 0 Å². The molecule has 3 unspecified atom stereocenters. The Morgan fingerprint density at radius 3 is 2.61 bits per heavy atom. The molecule has 2 saturated carbocycles. The van der Waals surface area contributed by atoms with E-state index < -0.39 is 11.2 Å². The van der Waals surface area contributed by atoms with Crippen molar-refractivity contribution in [2.24, 2.45) is 23.7 Å². The van der Waals surface area contributed by atoms with E-state index >= 15 is 0 Å². The molecule has 7 nitrogen and oxygen atoms in total. The highest BCUT2D eigenvalue weighted by atomic mass is 16.2. The molecule has 1 amide bonds.